The van der Waals surface area contributed by atoms with Gasteiger partial charge in [0.1, 0.15) is 5.92 Å². The van der Waals surface area contributed by atoms with Crippen LogP contribution in [0.3, 0.4) is 0 Å². The van der Waals surface area contributed by atoms with Crippen LogP contribution in [0.15, 0.2) is 40.2 Å². The fraction of sp³-hybridized carbons (Fsp3) is 0.143. The summed E-state index contributed by atoms with van der Waals surface area (Å²) in [7, 11) is 0. The van der Waals surface area contributed by atoms with Gasteiger partial charge in [0.15, 0.2) is 5.78 Å². The Balaban J connectivity index is 2.42. The van der Waals surface area contributed by atoms with Crippen LogP contribution in [0, 0.1) is 18.3 Å². The number of hydrogen-bond acceptors (Lipinski definition) is 3. The molecule has 0 aliphatic carbocycles. The van der Waals surface area contributed by atoms with E-state index in [0.29, 0.717) is 5.56 Å². The number of nitrogens with zero attached hydrogens (tertiary/aromatic N) is 1. The molecule has 0 saturated heterocycles. The number of nitriles is 1. The van der Waals surface area contributed by atoms with E-state index in [1.165, 1.54) is 11.3 Å². The molecule has 1 unspecified atom stereocenters. The maximum atomic E-state index is 12.4. The summed E-state index contributed by atoms with van der Waals surface area (Å²) in [5.41, 5.74) is 1.55. The van der Waals surface area contributed by atoms with Crippen LogP contribution in [0.5, 0.6) is 0 Å². The van der Waals surface area contributed by atoms with Crippen molar-refractivity contribution < 1.29 is 4.79 Å². The van der Waals surface area contributed by atoms with Crippen molar-refractivity contribution in [1.29, 1.82) is 5.26 Å². The van der Waals surface area contributed by atoms with Crippen LogP contribution in [0.1, 0.15) is 26.7 Å². The van der Waals surface area contributed by atoms with E-state index in [1.807, 2.05) is 36.6 Å². The molecule has 18 heavy (non-hydrogen) atoms. The summed E-state index contributed by atoms with van der Waals surface area (Å²) < 4.78 is 0.770. The molecule has 90 valence electrons. The lowest BCUT2D eigenvalue weighted by Gasteiger charge is -2.09. The Hall–Kier alpha value is -1.44. The number of carbonyl (C=O) groups excluding carboxylic acids is 1. The molecule has 1 aromatic carbocycles. The fourth-order valence-corrected chi connectivity index (χ4v) is 2.93. The highest BCUT2D eigenvalue weighted by molar-refractivity contribution is 9.10. The molecule has 2 aromatic rings. The fourth-order valence-electron chi connectivity index (χ4n) is 1.70. The average molecular weight is 320 g/mol. The summed E-state index contributed by atoms with van der Waals surface area (Å²) in [6.07, 6.45) is 0. The number of carbonyl (C=O) groups is 1. The third kappa shape index (κ3) is 2.38. The van der Waals surface area contributed by atoms with Gasteiger partial charge in [0.25, 0.3) is 0 Å². The van der Waals surface area contributed by atoms with Crippen LogP contribution < -0.4 is 0 Å². The first-order valence-electron chi connectivity index (χ1n) is 5.37. The molecule has 0 spiro atoms. The SMILES string of the molecule is Cc1cccc(C(=O)C(C#N)c2cccs2)c1Br. The minimum absolute atomic E-state index is 0.157. The first kappa shape index (κ1) is 13.0. The second-order valence-corrected chi connectivity index (χ2v) is 5.65. The molecule has 2 rings (SSSR count). The van der Waals surface area contributed by atoms with E-state index in [4.69, 9.17) is 0 Å². The summed E-state index contributed by atoms with van der Waals surface area (Å²) in [4.78, 5) is 13.2. The largest absolute Gasteiger partial charge is 0.292 e. The number of thiophene rings is 1. The summed E-state index contributed by atoms with van der Waals surface area (Å²) in [6.45, 7) is 1.92. The lowest BCUT2D eigenvalue weighted by atomic mass is 9.96. The van der Waals surface area contributed by atoms with Crippen LogP contribution >= 0.6 is 27.3 Å². The van der Waals surface area contributed by atoms with Crippen LogP contribution in [0.4, 0.5) is 0 Å². The van der Waals surface area contributed by atoms with Gasteiger partial charge in [0.05, 0.1) is 6.07 Å². The third-order valence-corrected chi connectivity index (χ3v) is 4.67. The molecular weight excluding hydrogens is 310 g/mol. The maximum absolute atomic E-state index is 12.4. The van der Waals surface area contributed by atoms with Crippen molar-refractivity contribution >= 4 is 33.0 Å². The molecule has 1 atom stereocenters. The number of halogens is 1. The van der Waals surface area contributed by atoms with Gasteiger partial charge >= 0.3 is 0 Å². The second-order valence-electron chi connectivity index (χ2n) is 3.88. The molecule has 1 heterocycles. The van der Waals surface area contributed by atoms with Crippen molar-refractivity contribution in [2.45, 2.75) is 12.8 Å². The Morgan fingerprint density at radius 2 is 2.17 bits per heavy atom. The standard InChI is InChI=1S/C14H10BrNOS/c1-9-4-2-5-10(13(9)15)14(17)11(8-16)12-6-3-7-18-12/h2-7,11H,1H3. The molecule has 2 nitrogen and oxygen atoms in total. The van der Waals surface area contributed by atoms with Crippen LogP contribution in [0.25, 0.3) is 0 Å². The predicted octanol–water partition coefficient (Wildman–Crippen LogP) is 4.31. The van der Waals surface area contributed by atoms with Gasteiger partial charge in [-0.2, -0.15) is 5.26 Å². The Bertz CT molecular complexity index is 613. The summed E-state index contributed by atoms with van der Waals surface area (Å²) in [5, 5.41) is 11.1. The van der Waals surface area contributed by atoms with Gasteiger partial charge in [0, 0.05) is 14.9 Å². The van der Waals surface area contributed by atoms with Crippen molar-refractivity contribution in [3.63, 3.8) is 0 Å². The van der Waals surface area contributed by atoms with Gasteiger partial charge in [-0.15, -0.1) is 11.3 Å². The Kier molecular flexibility index (Phi) is 3.95. The maximum Gasteiger partial charge on any atom is 0.186 e. The van der Waals surface area contributed by atoms with E-state index in [1.54, 1.807) is 6.07 Å². The van der Waals surface area contributed by atoms with Crippen molar-refractivity contribution in [1.82, 2.24) is 0 Å². The molecule has 1 aromatic heterocycles. The molecule has 0 N–H and O–H groups in total. The molecule has 0 aliphatic heterocycles. The van der Waals surface area contributed by atoms with Gasteiger partial charge in [-0.05, 0) is 39.9 Å². The highest BCUT2D eigenvalue weighted by Crippen LogP contribution is 2.29. The molecule has 0 bridgehead atoms. The van der Waals surface area contributed by atoms with Gasteiger partial charge in [0.2, 0.25) is 0 Å². The Labute approximate surface area is 118 Å². The number of aryl methyl sites for hydroxylation is 1. The summed E-state index contributed by atoms with van der Waals surface area (Å²) in [6, 6.07) is 11.3. The Morgan fingerprint density at radius 1 is 1.39 bits per heavy atom. The number of rotatable bonds is 3. The number of ketones is 1. The van der Waals surface area contributed by atoms with E-state index < -0.39 is 5.92 Å². The average Bonchev–Trinajstić information content (AvgIpc) is 2.87. The van der Waals surface area contributed by atoms with Gasteiger partial charge in [-0.1, -0.05) is 24.3 Å². The van der Waals surface area contributed by atoms with Gasteiger partial charge < -0.3 is 0 Å². The topological polar surface area (TPSA) is 40.9 Å². The van der Waals surface area contributed by atoms with E-state index in [0.717, 1.165) is 14.9 Å². The van der Waals surface area contributed by atoms with Crippen LogP contribution in [0.2, 0.25) is 0 Å². The van der Waals surface area contributed by atoms with E-state index in [9.17, 15) is 10.1 Å². The minimum atomic E-state index is -0.719. The molecule has 0 fully saturated rings. The highest BCUT2D eigenvalue weighted by Gasteiger charge is 2.24. The second kappa shape index (κ2) is 5.47. The first-order chi connectivity index (χ1) is 8.65. The number of hydrogen-bond donors (Lipinski definition) is 0. The van der Waals surface area contributed by atoms with Gasteiger partial charge in [-0.3, -0.25) is 4.79 Å². The molecular formula is C14H10BrNOS. The monoisotopic (exact) mass is 319 g/mol. The third-order valence-electron chi connectivity index (χ3n) is 2.68. The van der Waals surface area contributed by atoms with Crippen molar-refractivity contribution in [3.8, 4) is 6.07 Å². The van der Waals surface area contributed by atoms with Crippen molar-refractivity contribution in [2.24, 2.45) is 0 Å². The summed E-state index contributed by atoms with van der Waals surface area (Å²) in [5.74, 6) is -0.876. The molecule has 0 aliphatic rings. The lowest BCUT2D eigenvalue weighted by Crippen LogP contribution is -2.11. The lowest BCUT2D eigenvalue weighted by molar-refractivity contribution is 0.0979. The quantitative estimate of drug-likeness (QED) is 0.791. The first-order valence-corrected chi connectivity index (χ1v) is 7.04. The molecule has 0 saturated carbocycles. The Morgan fingerprint density at radius 3 is 2.78 bits per heavy atom. The minimum Gasteiger partial charge on any atom is -0.292 e. The predicted molar refractivity (Wildman–Crippen MR) is 75.9 cm³/mol. The summed E-state index contributed by atoms with van der Waals surface area (Å²) >= 11 is 4.84. The van der Waals surface area contributed by atoms with Crippen LogP contribution in [-0.4, -0.2) is 5.78 Å². The smallest absolute Gasteiger partial charge is 0.186 e. The molecule has 4 heteroatoms. The van der Waals surface area contributed by atoms with Gasteiger partial charge in [-0.25, -0.2) is 0 Å². The van der Waals surface area contributed by atoms with E-state index in [2.05, 4.69) is 22.0 Å². The highest BCUT2D eigenvalue weighted by atomic mass is 79.9. The zero-order chi connectivity index (χ0) is 13.1. The normalized spacial score (nSPS) is 11.8. The zero-order valence-electron chi connectivity index (χ0n) is 9.68. The molecule has 0 amide bonds. The zero-order valence-corrected chi connectivity index (χ0v) is 12.1. The van der Waals surface area contributed by atoms with Crippen molar-refractivity contribution in [2.75, 3.05) is 0 Å². The molecule has 0 radical (unpaired) electrons. The van der Waals surface area contributed by atoms with Crippen LogP contribution in [-0.2, 0) is 0 Å². The van der Waals surface area contributed by atoms with E-state index >= 15 is 0 Å². The number of benzene rings is 1. The van der Waals surface area contributed by atoms with Crippen molar-refractivity contribution in [3.05, 3.63) is 56.2 Å². The van der Waals surface area contributed by atoms with E-state index in [-0.39, 0.29) is 5.78 Å². The number of Topliss-reactive ketones (excluding diaryl/α,β-unsaturated/α-hetero) is 1.